The predicted octanol–water partition coefficient (Wildman–Crippen LogP) is 3.83. The highest BCUT2D eigenvalue weighted by Gasteiger charge is 2.41. The number of carbonyl (C=O) groups is 1. The number of fused-ring (bicyclic) bond motifs is 1. The number of rotatable bonds is 7. The molecule has 2 atom stereocenters. The summed E-state index contributed by atoms with van der Waals surface area (Å²) in [6.45, 7) is 3.29. The van der Waals surface area contributed by atoms with E-state index >= 15 is 0 Å². The van der Waals surface area contributed by atoms with Gasteiger partial charge in [-0.25, -0.2) is 9.97 Å². The number of nitrogens with zero attached hydrogens (tertiary/aromatic N) is 6. The molecule has 7 rings (SSSR count). The molecule has 0 saturated carbocycles. The van der Waals surface area contributed by atoms with E-state index in [-0.39, 0.29) is 29.8 Å². The smallest absolute Gasteiger partial charge is 0.262 e. The number of carbonyl (C=O) groups excluding carboxylic acids is 1. The third-order valence-corrected chi connectivity index (χ3v) is 9.29. The normalized spacial score (nSPS) is 20.6. The first-order valence-electron chi connectivity index (χ1n) is 15.2. The first kappa shape index (κ1) is 28.2. The number of hydrogen-bond donors (Lipinski definition) is 1. The Morgan fingerprint density at radius 1 is 0.977 bits per heavy atom. The van der Waals surface area contributed by atoms with E-state index in [4.69, 9.17) is 4.42 Å². The molecule has 226 valence electrons. The van der Waals surface area contributed by atoms with Crippen molar-refractivity contribution in [2.24, 2.45) is 5.92 Å². The van der Waals surface area contributed by atoms with Gasteiger partial charge in [-0.05, 0) is 49.6 Å². The maximum absolute atomic E-state index is 14.0. The second-order valence-electron chi connectivity index (χ2n) is 12.1. The lowest BCUT2D eigenvalue weighted by molar-refractivity contribution is -0.142. The maximum Gasteiger partial charge on any atom is 0.262 e. The molecular weight excluding hydrogens is 556 g/mol. The fourth-order valence-electron chi connectivity index (χ4n) is 6.86. The Morgan fingerprint density at radius 2 is 1.73 bits per heavy atom. The number of para-hydroxylation sites is 1. The van der Waals surface area contributed by atoms with Crippen molar-refractivity contribution >= 4 is 16.9 Å². The zero-order valence-electron chi connectivity index (χ0n) is 24.5. The molecule has 10 heteroatoms. The minimum atomic E-state index is -1.10. The van der Waals surface area contributed by atoms with E-state index in [0.717, 1.165) is 36.5 Å². The minimum Gasteiger partial charge on any atom is -0.451 e. The van der Waals surface area contributed by atoms with Gasteiger partial charge in [-0.3, -0.25) is 19.1 Å². The van der Waals surface area contributed by atoms with E-state index < -0.39 is 5.60 Å². The fraction of sp³-hybridized carbons (Fsp3) is 0.353. The number of hydrogen-bond acceptors (Lipinski definition) is 7. The van der Waals surface area contributed by atoms with Crippen LogP contribution in [0.2, 0.25) is 0 Å². The van der Waals surface area contributed by atoms with Crippen LogP contribution in [-0.2, 0) is 17.9 Å². The molecule has 0 unspecified atom stereocenters. The first-order valence-corrected chi connectivity index (χ1v) is 15.2. The van der Waals surface area contributed by atoms with Crippen molar-refractivity contribution in [3.63, 3.8) is 0 Å². The molecule has 1 amide bonds. The van der Waals surface area contributed by atoms with Gasteiger partial charge in [-0.2, -0.15) is 0 Å². The Kier molecular flexibility index (Phi) is 7.61. The number of amides is 1. The van der Waals surface area contributed by atoms with Gasteiger partial charge in [-0.1, -0.05) is 48.5 Å². The van der Waals surface area contributed by atoms with Crippen LogP contribution in [0, 0.1) is 5.92 Å². The summed E-state index contributed by atoms with van der Waals surface area (Å²) in [6.07, 6.45) is 8.04. The van der Waals surface area contributed by atoms with Gasteiger partial charge >= 0.3 is 0 Å². The second-order valence-corrected chi connectivity index (χ2v) is 12.1. The highest BCUT2D eigenvalue weighted by atomic mass is 16.3. The van der Waals surface area contributed by atoms with Crippen LogP contribution in [0.5, 0.6) is 0 Å². The van der Waals surface area contributed by atoms with Crippen molar-refractivity contribution in [3.05, 3.63) is 114 Å². The van der Waals surface area contributed by atoms with E-state index in [1.807, 2.05) is 64.2 Å². The standard InChI is InChI=1S/C34H36N6O4/c41-32(28-11-15-37(19-26-21-44-24-36-26)20-30(28)25-7-3-1-4-8-25)38-17-13-34(43,14-18-38)22-39-23-35-31-29(33(39)42)12-16-40(31)27-9-5-2-6-10-27/h1-10,12,16,21,23-24,28,30,43H,11,13-15,17-20,22H2/t28-,30+/m1/s1. The lowest BCUT2D eigenvalue weighted by Crippen LogP contribution is -2.53. The fourth-order valence-corrected chi connectivity index (χ4v) is 6.86. The largest absolute Gasteiger partial charge is 0.451 e. The number of piperidine rings is 2. The van der Waals surface area contributed by atoms with Gasteiger partial charge in [-0.15, -0.1) is 0 Å². The Balaban J connectivity index is 1.03. The molecule has 2 aromatic carbocycles. The van der Waals surface area contributed by atoms with Gasteiger partial charge in [0.2, 0.25) is 5.91 Å². The van der Waals surface area contributed by atoms with Crippen LogP contribution in [0.25, 0.3) is 16.7 Å². The molecule has 2 aliphatic heterocycles. The maximum atomic E-state index is 14.0. The molecule has 5 aromatic rings. The topological polar surface area (TPSA) is 110 Å². The molecule has 0 aliphatic carbocycles. The summed E-state index contributed by atoms with van der Waals surface area (Å²) < 4.78 is 8.56. The van der Waals surface area contributed by atoms with E-state index in [1.165, 1.54) is 17.3 Å². The molecule has 0 bridgehead atoms. The quantitative estimate of drug-likeness (QED) is 0.306. The average molecular weight is 593 g/mol. The molecular formula is C34H36N6O4. The highest BCUT2D eigenvalue weighted by molar-refractivity contribution is 5.80. The molecule has 10 nitrogen and oxygen atoms in total. The molecule has 0 spiro atoms. The summed E-state index contributed by atoms with van der Waals surface area (Å²) >= 11 is 0. The van der Waals surface area contributed by atoms with Gasteiger partial charge in [0.05, 0.1) is 23.2 Å². The lowest BCUT2D eigenvalue weighted by atomic mass is 9.79. The monoisotopic (exact) mass is 592 g/mol. The van der Waals surface area contributed by atoms with Crippen LogP contribution >= 0.6 is 0 Å². The van der Waals surface area contributed by atoms with Gasteiger partial charge in [0, 0.05) is 49.9 Å². The average Bonchev–Trinajstić information content (AvgIpc) is 3.74. The number of aromatic nitrogens is 4. The van der Waals surface area contributed by atoms with E-state index in [2.05, 4.69) is 27.0 Å². The zero-order chi connectivity index (χ0) is 30.1. The molecule has 0 radical (unpaired) electrons. The van der Waals surface area contributed by atoms with Crippen molar-refractivity contribution in [2.75, 3.05) is 26.2 Å². The first-order chi connectivity index (χ1) is 21.5. The third-order valence-electron chi connectivity index (χ3n) is 9.29. The van der Waals surface area contributed by atoms with E-state index in [1.54, 1.807) is 12.3 Å². The summed E-state index contributed by atoms with van der Waals surface area (Å²) in [5, 5.41) is 12.1. The third kappa shape index (κ3) is 5.58. The van der Waals surface area contributed by atoms with Crippen LogP contribution in [0.15, 0.2) is 101 Å². The molecule has 2 fully saturated rings. The number of benzene rings is 2. The van der Waals surface area contributed by atoms with Crippen LogP contribution < -0.4 is 5.56 Å². The highest BCUT2D eigenvalue weighted by Crippen LogP contribution is 2.36. The summed E-state index contributed by atoms with van der Waals surface area (Å²) in [6, 6.07) is 21.8. The van der Waals surface area contributed by atoms with Gasteiger partial charge < -0.3 is 19.0 Å². The molecule has 2 saturated heterocycles. The molecule has 44 heavy (non-hydrogen) atoms. The Morgan fingerprint density at radius 3 is 2.45 bits per heavy atom. The van der Waals surface area contributed by atoms with Gasteiger partial charge in [0.1, 0.15) is 12.6 Å². The Hall–Kier alpha value is -4.54. The molecule has 5 heterocycles. The molecule has 3 aromatic heterocycles. The van der Waals surface area contributed by atoms with Crippen molar-refractivity contribution in [2.45, 2.75) is 43.9 Å². The van der Waals surface area contributed by atoms with Crippen molar-refractivity contribution in [1.29, 1.82) is 0 Å². The van der Waals surface area contributed by atoms with Crippen molar-refractivity contribution in [1.82, 2.24) is 28.9 Å². The Bertz CT molecular complexity index is 1780. The van der Waals surface area contributed by atoms with E-state index in [0.29, 0.717) is 43.5 Å². The van der Waals surface area contributed by atoms with Crippen molar-refractivity contribution < 1.29 is 14.3 Å². The minimum absolute atomic E-state index is 0.0599. The van der Waals surface area contributed by atoms with Gasteiger partial charge in [0.25, 0.3) is 5.56 Å². The summed E-state index contributed by atoms with van der Waals surface area (Å²) in [5.41, 5.74) is 2.28. The van der Waals surface area contributed by atoms with Crippen molar-refractivity contribution in [3.8, 4) is 5.69 Å². The number of likely N-dealkylation sites (tertiary alicyclic amines) is 2. The van der Waals surface area contributed by atoms with Crippen LogP contribution in [0.4, 0.5) is 0 Å². The summed E-state index contributed by atoms with van der Waals surface area (Å²) in [7, 11) is 0. The van der Waals surface area contributed by atoms with Crippen LogP contribution in [-0.4, -0.2) is 71.7 Å². The van der Waals surface area contributed by atoms with E-state index in [9.17, 15) is 14.7 Å². The SMILES string of the molecule is O=C([C@@H]1CCN(Cc2cocn2)C[C@H]1c1ccccc1)N1CCC(O)(Cn2cnc3c(ccn3-c3ccccc3)c2=O)CC1. The Labute approximate surface area is 255 Å². The molecule has 1 N–H and O–H groups in total. The number of aliphatic hydroxyl groups is 1. The summed E-state index contributed by atoms with van der Waals surface area (Å²) in [4.78, 5) is 40.5. The number of oxazole rings is 1. The van der Waals surface area contributed by atoms with Crippen LogP contribution in [0.3, 0.4) is 0 Å². The summed E-state index contributed by atoms with van der Waals surface area (Å²) in [5.74, 6) is 0.0641. The lowest BCUT2D eigenvalue weighted by Gasteiger charge is -2.43. The second kappa shape index (κ2) is 11.9. The predicted molar refractivity (Wildman–Crippen MR) is 165 cm³/mol. The van der Waals surface area contributed by atoms with Crippen LogP contribution in [0.1, 0.15) is 36.4 Å². The zero-order valence-corrected chi connectivity index (χ0v) is 24.5. The molecule has 2 aliphatic rings. The van der Waals surface area contributed by atoms with Gasteiger partial charge in [0.15, 0.2) is 12.0 Å².